The number of nitrogens with zero attached hydrogens (tertiary/aromatic N) is 3. The third-order valence-corrected chi connectivity index (χ3v) is 8.28. The molecule has 46 heavy (non-hydrogen) atoms. The average molecular weight is 625 g/mol. The molecule has 1 fully saturated rings. The lowest BCUT2D eigenvalue weighted by Gasteiger charge is -2.32. The number of urea groups is 2. The Kier molecular flexibility index (Phi) is 9.84. The molecule has 1 saturated heterocycles. The summed E-state index contributed by atoms with van der Waals surface area (Å²) in [6.45, 7) is 9.70. The summed E-state index contributed by atoms with van der Waals surface area (Å²) in [6, 6.07) is 22.8. The van der Waals surface area contributed by atoms with E-state index in [1.165, 1.54) is 5.56 Å². The van der Waals surface area contributed by atoms with Crippen LogP contribution >= 0.6 is 0 Å². The van der Waals surface area contributed by atoms with Gasteiger partial charge in [0.15, 0.2) is 0 Å². The molecule has 3 N–H and O–H groups in total. The summed E-state index contributed by atoms with van der Waals surface area (Å²) < 4.78 is 12.4. The number of nitrogens with one attached hydrogen (secondary N) is 3. The van der Waals surface area contributed by atoms with Crippen LogP contribution in [-0.4, -0.2) is 54.1 Å². The Hall–Kier alpha value is -4.99. The second kappa shape index (κ2) is 14.0. The molecule has 0 bridgehead atoms. The second-order valence-corrected chi connectivity index (χ2v) is 12.8. The smallest absolute Gasteiger partial charge is 0.324 e. The Balaban J connectivity index is 1.13. The van der Waals surface area contributed by atoms with Crippen LogP contribution in [0.1, 0.15) is 50.4 Å². The molecule has 10 nitrogen and oxygen atoms in total. The van der Waals surface area contributed by atoms with Gasteiger partial charge in [-0.15, -0.1) is 0 Å². The van der Waals surface area contributed by atoms with Crippen molar-refractivity contribution >= 4 is 29.3 Å². The van der Waals surface area contributed by atoms with Crippen molar-refractivity contribution in [1.82, 2.24) is 14.7 Å². The quantitative estimate of drug-likeness (QED) is 0.187. The van der Waals surface area contributed by atoms with Crippen LogP contribution in [0.5, 0.6) is 11.5 Å². The highest BCUT2D eigenvalue weighted by Crippen LogP contribution is 2.30. The summed E-state index contributed by atoms with van der Waals surface area (Å²) >= 11 is 0. The number of methoxy groups -OCH3 is 2. The van der Waals surface area contributed by atoms with E-state index < -0.39 is 0 Å². The largest absolute Gasteiger partial charge is 0.497 e. The number of ether oxygens (including phenoxy) is 2. The molecule has 0 radical (unpaired) electrons. The number of carbonyl (C=O) groups excluding carboxylic acids is 2. The first-order valence-corrected chi connectivity index (χ1v) is 15.6. The van der Waals surface area contributed by atoms with Crippen molar-refractivity contribution in [2.45, 2.75) is 52.4 Å². The number of piperidine rings is 1. The maximum atomic E-state index is 13.0. The summed E-state index contributed by atoms with van der Waals surface area (Å²) in [5.41, 5.74) is 5.23. The summed E-state index contributed by atoms with van der Waals surface area (Å²) in [5, 5.41) is 13.7. The van der Waals surface area contributed by atoms with Gasteiger partial charge in [-0.1, -0.05) is 50.6 Å². The number of benzene rings is 3. The number of rotatable bonds is 8. The van der Waals surface area contributed by atoms with Crippen molar-refractivity contribution in [1.29, 1.82) is 0 Å². The molecule has 242 valence electrons. The minimum absolute atomic E-state index is 0.143. The highest BCUT2D eigenvalue weighted by molar-refractivity contribution is 5.99. The maximum absolute atomic E-state index is 13.0. The minimum Gasteiger partial charge on any atom is -0.497 e. The first-order valence-electron chi connectivity index (χ1n) is 15.6. The molecule has 5 rings (SSSR count). The Morgan fingerprint density at radius 1 is 0.870 bits per heavy atom. The van der Waals surface area contributed by atoms with E-state index in [9.17, 15) is 9.59 Å². The summed E-state index contributed by atoms with van der Waals surface area (Å²) in [4.78, 5) is 27.8. The van der Waals surface area contributed by atoms with Gasteiger partial charge in [-0.05, 0) is 74.1 Å². The van der Waals surface area contributed by atoms with E-state index in [1.807, 2.05) is 54.3 Å². The Morgan fingerprint density at radius 3 is 2.20 bits per heavy atom. The molecule has 1 aliphatic rings. The van der Waals surface area contributed by atoms with E-state index in [2.05, 4.69) is 48.9 Å². The number of hydrogen-bond acceptors (Lipinski definition) is 5. The SMILES string of the molecule is COc1ccc(OC)c(NC(=O)N2CCC(Cc3ccc(NC(=O)Nc4cc(C(C)(C)C)nn4-c4ccc(C)cc4)cc3)CC2)c1. The molecule has 3 aromatic carbocycles. The van der Waals surface area contributed by atoms with Gasteiger partial charge in [0.2, 0.25) is 0 Å². The molecule has 0 spiro atoms. The first kappa shape index (κ1) is 32.4. The highest BCUT2D eigenvalue weighted by atomic mass is 16.5. The molecule has 1 aromatic heterocycles. The van der Waals surface area contributed by atoms with E-state index >= 15 is 0 Å². The van der Waals surface area contributed by atoms with E-state index in [4.69, 9.17) is 14.6 Å². The van der Waals surface area contributed by atoms with Crippen molar-refractivity contribution in [3.63, 3.8) is 0 Å². The van der Waals surface area contributed by atoms with Crippen LogP contribution in [0.3, 0.4) is 0 Å². The Morgan fingerprint density at radius 2 is 1.57 bits per heavy atom. The lowest BCUT2D eigenvalue weighted by molar-refractivity contribution is 0.182. The third-order valence-electron chi connectivity index (χ3n) is 8.28. The van der Waals surface area contributed by atoms with Gasteiger partial charge < -0.3 is 25.0 Å². The predicted molar refractivity (Wildman–Crippen MR) is 183 cm³/mol. The first-order chi connectivity index (χ1) is 22.0. The Labute approximate surface area is 271 Å². The van der Waals surface area contributed by atoms with Crippen molar-refractivity contribution < 1.29 is 19.1 Å². The number of amides is 4. The number of aromatic nitrogens is 2. The molecule has 1 aliphatic heterocycles. The topological polar surface area (TPSA) is 110 Å². The molecule has 0 atom stereocenters. The molecule has 4 amide bonds. The zero-order valence-electron chi connectivity index (χ0n) is 27.5. The van der Waals surface area contributed by atoms with E-state index in [0.717, 1.165) is 36.2 Å². The predicted octanol–water partition coefficient (Wildman–Crippen LogP) is 7.63. The number of hydrogen-bond donors (Lipinski definition) is 3. The van der Waals surface area contributed by atoms with Crippen LogP contribution in [0.15, 0.2) is 72.8 Å². The van der Waals surface area contributed by atoms with Crippen LogP contribution in [0, 0.1) is 12.8 Å². The van der Waals surface area contributed by atoms with Crippen molar-refractivity contribution in [2.75, 3.05) is 43.3 Å². The lowest BCUT2D eigenvalue weighted by atomic mass is 9.90. The van der Waals surface area contributed by atoms with Gasteiger partial charge in [0.05, 0.1) is 31.3 Å². The molecule has 0 aliphatic carbocycles. The number of aryl methyl sites for hydroxylation is 1. The number of anilines is 3. The Bertz CT molecular complexity index is 1650. The molecular weight excluding hydrogens is 580 g/mol. The van der Waals surface area contributed by atoms with Crippen LogP contribution in [-0.2, 0) is 11.8 Å². The van der Waals surface area contributed by atoms with Crippen LogP contribution in [0.2, 0.25) is 0 Å². The second-order valence-electron chi connectivity index (χ2n) is 12.8. The van der Waals surface area contributed by atoms with Gasteiger partial charge in [0, 0.05) is 36.3 Å². The zero-order valence-corrected chi connectivity index (χ0v) is 27.5. The highest BCUT2D eigenvalue weighted by Gasteiger charge is 2.24. The number of likely N-dealkylation sites (tertiary alicyclic amines) is 1. The fourth-order valence-electron chi connectivity index (χ4n) is 5.50. The number of carbonyl (C=O) groups is 2. The molecular formula is C36H44N6O4. The van der Waals surface area contributed by atoms with Gasteiger partial charge in [0.25, 0.3) is 0 Å². The van der Waals surface area contributed by atoms with Gasteiger partial charge >= 0.3 is 12.1 Å². The monoisotopic (exact) mass is 624 g/mol. The van der Waals surface area contributed by atoms with E-state index in [-0.39, 0.29) is 17.5 Å². The van der Waals surface area contributed by atoms with Crippen molar-refractivity contribution in [2.24, 2.45) is 5.92 Å². The molecule has 2 heterocycles. The maximum Gasteiger partial charge on any atom is 0.324 e. The van der Waals surface area contributed by atoms with Crippen LogP contribution < -0.4 is 25.4 Å². The summed E-state index contributed by atoms with van der Waals surface area (Å²) in [6.07, 6.45) is 2.74. The molecule has 0 unspecified atom stereocenters. The normalized spacial score (nSPS) is 13.7. The molecule has 10 heteroatoms. The fraction of sp³-hybridized carbons (Fsp3) is 0.361. The average Bonchev–Trinajstić information content (AvgIpc) is 3.47. The van der Waals surface area contributed by atoms with Crippen molar-refractivity contribution in [3.05, 3.63) is 89.6 Å². The summed E-state index contributed by atoms with van der Waals surface area (Å²) in [7, 11) is 3.17. The van der Waals surface area contributed by atoms with E-state index in [0.29, 0.717) is 47.7 Å². The van der Waals surface area contributed by atoms with Crippen LogP contribution in [0.4, 0.5) is 26.8 Å². The molecule has 4 aromatic rings. The van der Waals surface area contributed by atoms with Gasteiger partial charge in [-0.2, -0.15) is 5.10 Å². The van der Waals surface area contributed by atoms with Gasteiger partial charge in [-0.25, -0.2) is 14.3 Å². The lowest BCUT2D eigenvalue weighted by Crippen LogP contribution is -2.41. The van der Waals surface area contributed by atoms with Crippen molar-refractivity contribution in [3.8, 4) is 17.2 Å². The van der Waals surface area contributed by atoms with Crippen LogP contribution in [0.25, 0.3) is 5.69 Å². The fourth-order valence-corrected chi connectivity index (χ4v) is 5.50. The minimum atomic E-state index is -0.335. The summed E-state index contributed by atoms with van der Waals surface area (Å²) in [5.74, 6) is 2.31. The third kappa shape index (κ3) is 7.99. The van der Waals surface area contributed by atoms with Gasteiger partial charge in [0.1, 0.15) is 17.3 Å². The standard InChI is InChI=1S/C36H44N6O4/c1-24-7-13-28(14-8-24)42-33(23-32(40-42)36(2,3)4)39-34(43)37-27-11-9-25(10-12-27)21-26-17-19-41(20-18-26)35(44)38-30-22-29(45-5)15-16-31(30)46-6/h7-16,22-23,26H,17-21H2,1-6H3,(H,38,44)(H2,37,39,43). The zero-order chi connectivity index (χ0) is 32.8. The van der Waals surface area contributed by atoms with Gasteiger partial charge in [-0.3, -0.25) is 5.32 Å². The van der Waals surface area contributed by atoms with E-state index in [1.54, 1.807) is 37.1 Å². The molecule has 0 saturated carbocycles.